The molecule has 1 aliphatic rings. The highest BCUT2D eigenvalue weighted by Gasteiger charge is 2.17. The maximum absolute atomic E-state index is 5.71. The molecule has 1 aromatic rings. The molecular formula is C18H31N3OS. The van der Waals surface area contributed by atoms with Crippen LogP contribution in [0.1, 0.15) is 50.7 Å². The summed E-state index contributed by atoms with van der Waals surface area (Å²) in [5, 5.41) is 4.49. The normalized spacial score (nSPS) is 16.8. The van der Waals surface area contributed by atoms with Crippen molar-refractivity contribution in [1.82, 2.24) is 15.1 Å². The van der Waals surface area contributed by atoms with Gasteiger partial charge >= 0.3 is 0 Å². The minimum atomic E-state index is 0.529. The molecule has 4 nitrogen and oxygen atoms in total. The fraction of sp³-hybridized carbons (Fsp3) is 0.722. The Morgan fingerprint density at radius 1 is 1.17 bits per heavy atom. The Morgan fingerprint density at radius 2 is 1.87 bits per heavy atom. The van der Waals surface area contributed by atoms with E-state index in [0.717, 1.165) is 30.5 Å². The summed E-state index contributed by atoms with van der Waals surface area (Å²) in [6.45, 7) is 2.62. The summed E-state index contributed by atoms with van der Waals surface area (Å²) < 4.78 is 5.50. The lowest BCUT2D eigenvalue weighted by atomic mass is 9.97. The summed E-state index contributed by atoms with van der Waals surface area (Å²) >= 11 is 5.71. The van der Waals surface area contributed by atoms with Crippen molar-refractivity contribution in [1.29, 1.82) is 0 Å². The summed E-state index contributed by atoms with van der Waals surface area (Å²) in [4.78, 5) is 4.42. The molecule has 1 aliphatic carbocycles. The molecule has 0 aliphatic heterocycles. The zero-order valence-corrected chi connectivity index (χ0v) is 15.4. The predicted octanol–water partition coefficient (Wildman–Crippen LogP) is 3.63. The average molecular weight is 338 g/mol. The van der Waals surface area contributed by atoms with E-state index in [9.17, 15) is 0 Å². The topological polar surface area (TPSA) is 31.6 Å². The molecule has 0 saturated heterocycles. The van der Waals surface area contributed by atoms with Crippen molar-refractivity contribution in [3.63, 3.8) is 0 Å². The van der Waals surface area contributed by atoms with E-state index < -0.39 is 0 Å². The first-order chi connectivity index (χ1) is 11.1. The van der Waals surface area contributed by atoms with Crippen LogP contribution >= 0.6 is 12.2 Å². The van der Waals surface area contributed by atoms with Gasteiger partial charge in [-0.15, -0.1) is 0 Å². The zero-order chi connectivity index (χ0) is 16.5. The number of hydrogen-bond acceptors (Lipinski definition) is 3. The molecule has 1 heterocycles. The van der Waals surface area contributed by atoms with Crippen LogP contribution in [0.3, 0.4) is 0 Å². The molecule has 0 aromatic carbocycles. The van der Waals surface area contributed by atoms with Gasteiger partial charge in [-0.2, -0.15) is 0 Å². The van der Waals surface area contributed by atoms with Gasteiger partial charge < -0.3 is 19.5 Å². The molecule has 1 N–H and O–H groups in total. The van der Waals surface area contributed by atoms with Crippen LogP contribution in [0.4, 0.5) is 0 Å². The van der Waals surface area contributed by atoms with E-state index in [2.05, 4.69) is 29.2 Å². The Labute approximate surface area is 146 Å². The van der Waals surface area contributed by atoms with E-state index in [1.165, 1.54) is 44.9 Å². The number of nitrogens with one attached hydrogen (secondary N) is 1. The minimum absolute atomic E-state index is 0.529. The Bertz CT molecular complexity index is 439. The number of rotatable bonds is 6. The molecule has 5 heteroatoms. The standard InChI is InChI=1S/C18H31N3OS/c1-20(2)12-13-21(15-17-11-8-14-22-17)18(23)19-16-9-6-4-3-5-7-10-16/h8,11,14,16H,3-7,9-10,12-13,15H2,1-2H3,(H,19,23). The van der Waals surface area contributed by atoms with Crippen molar-refractivity contribution < 1.29 is 4.42 Å². The lowest BCUT2D eigenvalue weighted by Crippen LogP contribution is -2.46. The Morgan fingerprint density at radius 3 is 2.48 bits per heavy atom. The molecule has 1 saturated carbocycles. The van der Waals surface area contributed by atoms with Gasteiger partial charge in [-0.1, -0.05) is 32.1 Å². The van der Waals surface area contributed by atoms with Gasteiger partial charge in [0.25, 0.3) is 0 Å². The highest BCUT2D eigenvalue weighted by atomic mass is 32.1. The molecule has 0 bridgehead atoms. The first-order valence-electron chi connectivity index (χ1n) is 8.87. The van der Waals surface area contributed by atoms with Crippen molar-refractivity contribution in [2.24, 2.45) is 0 Å². The molecular weight excluding hydrogens is 306 g/mol. The van der Waals surface area contributed by atoms with Crippen LogP contribution in [0, 0.1) is 0 Å². The number of thiocarbonyl (C=S) groups is 1. The van der Waals surface area contributed by atoms with Crippen LogP contribution in [0.25, 0.3) is 0 Å². The van der Waals surface area contributed by atoms with Crippen LogP contribution in [0.15, 0.2) is 22.8 Å². The average Bonchev–Trinajstić information content (AvgIpc) is 2.98. The van der Waals surface area contributed by atoms with E-state index in [1.807, 2.05) is 12.1 Å². The van der Waals surface area contributed by atoms with Crippen molar-refractivity contribution in [2.45, 2.75) is 57.5 Å². The molecule has 23 heavy (non-hydrogen) atoms. The Kier molecular flexibility index (Phi) is 7.89. The molecule has 0 atom stereocenters. The molecule has 0 unspecified atom stereocenters. The molecule has 0 radical (unpaired) electrons. The summed E-state index contributed by atoms with van der Waals surface area (Å²) in [6, 6.07) is 4.48. The fourth-order valence-electron chi connectivity index (χ4n) is 3.03. The SMILES string of the molecule is CN(C)CCN(Cc1ccco1)C(=S)NC1CCCCCCC1. The summed E-state index contributed by atoms with van der Waals surface area (Å²) in [6.07, 6.45) is 11.0. The molecule has 2 rings (SSSR count). The van der Waals surface area contributed by atoms with Crippen molar-refractivity contribution in [3.8, 4) is 0 Å². The highest BCUT2D eigenvalue weighted by Crippen LogP contribution is 2.17. The van der Waals surface area contributed by atoms with E-state index >= 15 is 0 Å². The number of hydrogen-bond donors (Lipinski definition) is 1. The fourth-order valence-corrected chi connectivity index (χ4v) is 3.35. The van der Waals surface area contributed by atoms with Gasteiger partial charge in [0.2, 0.25) is 0 Å². The van der Waals surface area contributed by atoms with Gasteiger partial charge in [-0.25, -0.2) is 0 Å². The van der Waals surface area contributed by atoms with Gasteiger partial charge in [0.15, 0.2) is 5.11 Å². The predicted molar refractivity (Wildman–Crippen MR) is 99.5 cm³/mol. The van der Waals surface area contributed by atoms with Gasteiger partial charge in [0.05, 0.1) is 12.8 Å². The van der Waals surface area contributed by atoms with Crippen molar-refractivity contribution >= 4 is 17.3 Å². The first-order valence-corrected chi connectivity index (χ1v) is 9.28. The summed E-state index contributed by atoms with van der Waals surface area (Å²) in [5.41, 5.74) is 0. The maximum atomic E-state index is 5.71. The molecule has 1 aromatic heterocycles. The monoisotopic (exact) mass is 337 g/mol. The number of furan rings is 1. The van der Waals surface area contributed by atoms with Gasteiger partial charge in [-0.3, -0.25) is 0 Å². The smallest absolute Gasteiger partial charge is 0.169 e. The van der Waals surface area contributed by atoms with E-state index in [4.69, 9.17) is 16.6 Å². The summed E-state index contributed by atoms with van der Waals surface area (Å²) in [5.74, 6) is 0.963. The molecule has 0 spiro atoms. The zero-order valence-electron chi connectivity index (χ0n) is 14.6. The van der Waals surface area contributed by atoms with Crippen molar-refractivity contribution in [3.05, 3.63) is 24.2 Å². The Hall–Kier alpha value is -1.07. The van der Waals surface area contributed by atoms with E-state index in [1.54, 1.807) is 6.26 Å². The van der Waals surface area contributed by atoms with Crippen LogP contribution in [0.5, 0.6) is 0 Å². The van der Waals surface area contributed by atoms with Crippen LogP contribution in [-0.2, 0) is 6.54 Å². The lowest BCUT2D eigenvalue weighted by molar-refractivity contribution is 0.299. The molecule has 0 amide bonds. The van der Waals surface area contributed by atoms with Gasteiger partial charge in [0.1, 0.15) is 5.76 Å². The van der Waals surface area contributed by atoms with Crippen molar-refractivity contribution in [2.75, 3.05) is 27.2 Å². The third kappa shape index (κ3) is 6.92. The second kappa shape index (κ2) is 9.93. The summed E-state index contributed by atoms with van der Waals surface area (Å²) in [7, 11) is 4.19. The Balaban J connectivity index is 1.90. The lowest BCUT2D eigenvalue weighted by Gasteiger charge is -2.30. The maximum Gasteiger partial charge on any atom is 0.169 e. The van der Waals surface area contributed by atoms with Gasteiger partial charge in [0, 0.05) is 19.1 Å². The van der Waals surface area contributed by atoms with Crippen LogP contribution in [-0.4, -0.2) is 48.1 Å². The van der Waals surface area contributed by atoms with Crippen LogP contribution in [0.2, 0.25) is 0 Å². The van der Waals surface area contributed by atoms with E-state index in [-0.39, 0.29) is 0 Å². The first kappa shape index (κ1) is 18.3. The number of nitrogens with zero attached hydrogens (tertiary/aromatic N) is 2. The number of likely N-dealkylation sites (N-methyl/N-ethyl adjacent to an activating group) is 1. The second-order valence-electron chi connectivity index (χ2n) is 6.80. The third-order valence-electron chi connectivity index (χ3n) is 4.46. The highest BCUT2D eigenvalue weighted by molar-refractivity contribution is 7.80. The van der Waals surface area contributed by atoms with Gasteiger partial charge in [-0.05, 0) is 51.3 Å². The molecule has 130 valence electrons. The third-order valence-corrected chi connectivity index (χ3v) is 4.84. The molecule has 1 fully saturated rings. The minimum Gasteiger partial charge on any atom is -0.467 e. The second-order valence-corrected chi connectivity index (χ2v) is 7.18. The van der Waals surface area contributed by atoms with E-state index in [0.29, 0.717) is 6.04 Å². The largest absolute Gasteiger partial charge is 0.467 e. The van der Waals surface area contributed by atoms with Crippen LogP contribution < -0.4 is 5.32 Å². The quantitative estimate of drug-likeness (QED) is 0.801.